The summed E-state index contributed by atoms with van der Waals surface area (Å²) in [6.45, 7) is 5.63. The Bertz CT molecular complexity index is 898. The average Bonchev–Trinajstić information content (AvgIpc) is 2.64. The van der Waals surface area contributed by atoms with Crippen molar-refractivity contribution in [3.8, 4) is 0 Å². The number of carbonyl (C=O) groups is 1. The van der Waals surface area contributed by atoms with Crippen molar-refractivity contribution in [1.29, 1.82) is 0 Å². The minimum atomic E-state index is -1.04. The van der Waals surface area contributed by atoms with Gasteiger partial charge in [0.15, 0.2) is 0 Å². The summed E-state index contributed by atoms with van der Waals surface area (Å²) in [6, 6.07) is 5.64. The number of nitrogens with two attached hydrogens (primary N) is 2. The van der Waals surface area contributed by atoms with Crippen molar-refractivity contribution < 1.29 is 47.1 Å². The molecule has 1 fully saturated rings. The zero-order valence-corrected chi connectivity index (χ0v) is 19.1. The molecule has 2 bridgehead atoms. The van der Waals surface area contributed by atoms with Crippen LogP contribution < -0.4 is 11.6 Å². The predicted molar refractivity (Wildman–Crippen MR) is 105 cm³/mol. The molecule has 1 amide bonds. The minimum Gasteiger partial charge on any atom is -0.379 e. The van der Waals surface area contributed by atoms with Gasteiger partial charge in [0.2, 0.25) is 5.91 Å². The smallest absolute Gasteiger partial charge is 0.248 e. The molecule has 2 aliphatic carbocycles. The van der Waals surface area contributed by atoms with Crippen LogP contribution in [0.4, 0.5) is 0 Å². The van der Waals surface area contributed by atoms with E-state index in [2.05, 4.69) is 18.7 Å². The van der Waals surface area contributed by atoms with Gasteiger partial charge in [-0.05, 0) is 41.5 Å². The van der Waals surface area contributed by atoms with E-state index < -0.39 is 16.9 Å². The molecule has 4 rings (SSSR count). The van der Waals surface area contributed by atoms with Crippen LogP contribution in [0.2, 0.25) is 0 Å². The first-order chi connectivity index (χ1) is 12.8. The molecule has 3 aliphatic rings. The Balaban J connectivity index is 0.00000225. The van der Waals surface area contributed by atoms with Gasteiger partial charge in [-0.25, -0.2) is 0 Å². The second-order valence-electron chi connectivity index (χ2n) is 8.42. The summed E-state index contributed by atoms with van der Waals surface area (Å²) in [5.41, 5.74) is 7.34. The molecule has 1 unspecified atom stereocenters. The van der Waals surface area contributed by atoms with Crippen molar-refractivity contribution in [3.63, 3.8) is 0 Å². The molecule has 0 saturated carbocycles. The number of benzene rings is 1. The SMILES string of the molecule is C=CC[N+]1(C)CC[C@]23C/C(=N/N)C=C[C@@]2(O)[C@H]1Cc1ccc(C(N)=O)cc13.[Y]. The number of aliphatic hydroxyl groups is 1. The quantitative estimate of drug-likeness (QED) is 0.274. The van der Waals surface area contributed by atoms with Crippen LogP contribution in [-0.2, 0) is 44.5 Å². The molecule has 1 saturated heterocycles. The molecule has 0 spiro atoms. The molecule has 5 N–H and O–H groups in total. The fourth-order valence-corrected chi connectivity index (χ4v) is 5.67. The first-order valence-electron chi connectivity index (χ1n) is 9.36. The zero-order chi connectivity index (χ0) is 19.4. The molecular weight excluding hydrogens is 429 g/mol. The van der Waals surface area contributed by atoms with Gasteiger partial charge in [0.1, 0.15) is 11.6 Å². The van der Waals surface area contributed by atoms with Crippen LogP contribution in [0.5, 0.6) is 0 Å². The van der Waals surface area contributed by atoms with E-state index >= 15 is 0 Å². The number of hydrazone groups is 1. The number of amides is 1. The van der Waals surface area contributed by atoms with Gasteiger partial charge in [0.25, 0.3) is 0 Å². The molecule has 28 heavy (non-hydrogen) atoms. The maximum absolute atomic E-state index is 12.1. The van der Waals surface area contributed by atoms with Gasteiger partial charge in [-0.15, -0.1) is 0 Å². The van der Waals surface area contributed by atoms with Gasteiger partial charge in [0, 0.05) is 63.0 Å². The number of rotatable bonds is 3. The molecule has 0 aromatic heterocycles. The van der Waals surface area contributed by atoms with Gasteiger partial charge < -0.3 is 21.2 Å². The zero-order valence-electron chi connectivity index (χ0n) is 16.3. The molecule has 1 heterocycles. The second kappa shape index (κ2) is 7.17. The van der Waals surface area contributed by atoms with Crippen molar-refractivity contribution >= 4 is 11.6 Å². The molecule has 145 valence electrons. The van der Waals surface area contributed by atoms with Crippen LogP contribution in [0.1, 0.15) is 34.3 Å². The van der Waals surface area contributed by atoms with E-state index in [4.69, 9.17) is 11.6 Å². The normalized spacial score (nSPS) is 36.8. The minimum absolute atomic E-state index is 0. The maximum Gasteiger partial charge on any atom is 0.248 e. The van der Waals surface area contributed by atoms with Crippen LogP contribution in [0.3, 0.4) is 0 Å². The van der Waals surface area contributed by atoms with Gasteiger partial charge in [-0.3, -0.25) is 4.79 Å². The van der Waals surface area contributed by atoms with Crippen LogP contribution in [0.25, 0.3) is 0 Å². The van der Waals surface area contributed by atoms with Crippen LogP contribution in [-0.4, -0.2) is 53.0 Å². The second-order valence-corrected chi connectivity index (χ2v) is 8.42. The van der Waals surface area contributed by atoms with Gasteiger partial charge in [0.05, 0.1) is 25.8 Å². The summed E-state index contributed by atoms with van der Waals surface area (Å²) in [4.78, 5) is 11.8. The first-order valence-corrected chi connectivity index (χ1v) is 9.36. The van der Waals surface area contributed by atoms with Crippen LogP contribution >= 0.6 is 0 Å². The molecular formula is C21H27N4O2Y+. The number of likely N-dealkylation sites (tertiary alicyclic amines) is 1. The van der Waals surface area contributed by atoms with Gasteiger partial charge in [-0.2, -0.15) is 5.10 Å². The Morgan fingerprint density at radius 2 is 2.25 bits per heavy atom. The monoisotopic (exact) mass is 456 g/mol. The Morgan fingerprint density at radius 1 is 1.50 bits per heavy atom. The molecule has 1 aromatic rings. The number of piperidine rings is 1. The molecule has 7 heteroatoms. The van der Waals surface area contributed by atoms with Crippen molar-refractivity contribution in [3.05, 3.63) is 59.7 Å². The standard InChI is InChI=1S/C21H26N4O2.Y/c1-3-9-25(2)10-8-20-13-16(24-23)6-7-21(20,27)18(25)12-14-4-5-15(19(22)26)11-17(14)20;/h3-7,11,18,27H,1,8-10,12-13,23H2,2H3,(H-,22,26);/p+1/b24-16+;/t18-,20-,21-,25?;/m1./s1. The van der Waals surface area contributed by atoms with Crippen molar-refractivity contribution in [2.45, 2.75) is 36.3 Å². The van der Waals surface area contributed by atoms with E-state index in [9.17, 15) is 9.90 Å². The van der Waals surface area contributed by atoms with Crippen LogP contribution in [0, 0.1) is 0 Å². The van der Waals surface area contributed by atoms with E-state index in [1.54, 1.807) is 6.07 Å². The fraction of sp³-hybridized carbons (Fsp3) is 0.429. The Kier molecular flexibility index (Phi) is 5.47. The van der Waals surface area contributed by atoms with Crippen molar-refractivity contribution in [2.24, 2.45) is 16.7 Å². The summed E-state index contributed by atoms with van der Waals surface area (Å²) >= 11 is 0. The van der Waals surface area contributed by atoms with E-state index in [1.165, 1.54) is 0 Å². The number of likely N-dealkylation sites (N-methyl/N-ethyl adjacent to an activating group) is 1. The summed E-state index contributed by atoms with van der Waals surface area (Å²) in [5.74, 6) is 5.14. The number of hydrogen-bond donors (Lipinski definition) is 3. The number of fused-ring (bicyclic) bond motifs is 1. The van der Waals surface area contributed by atoms with Crippen molar-refractivity contribution in [1.82, 2.24) is 0 Å². The van der Waals surface area contributed by atoms with E-state index in [-0.39, 0.29) is 38.8 Å². The molecule has 4 atom stereocenters. The summed E-state index contributed by atoms with van der Waals surface area (Å²) in [5, 5.41) is 16.0. The summed E-state index contributed by atoms with van der Waals surface area (Å²) < 4.78 is 0.734. The Hall–Kier alpha value is -1.34. The first kappa shape index (κ1) is 21.4. The summed E-state index contributed by atoms with van der Waals surface area (Å²) in [6.07, 6.45) is 7.71. The third-order valence-corrected chi connectivity index (χ3v) is 7.12. The molecule has 1 radical (unpaired) electrons. The fourth-order valence-electron chi connectivity index (χ4n) is 5.67. The third-order valence-electron chi connectivity index (χ3n) is 7.12. The topological polar surface area (TPSA) is 102 Å². The Labute approximate surface area is 190 Å². The number of allylic oxidation sites excluding steroid dienone is 1. The Morgan fingerprint density at radius 3 is 2.89 bits per heavy atom. The maximum atomic E-state index is 12.1. The van der Waals surface area contributed by atoms with Gasteiger partial charge in [-0.1, -0.05) is 12.6 Å². The summed E-state index contributed by atoms with van der Waals surface area (Å²) in [7, 11) is 2.19. The number of quaternary nitrogens is 1. The molecule has 6 nitrogen and oxygen atoms in total. The van der Waals surface area contributed by atoms with Gasteiger partial charge >= 0.3 is 0 Å². The average molecular weight is 456 g/mol. The van der Waals surface area contributed by atoms with E-state index in [0.29, 0.717) is 12.0 Å². The molecule has 1 aromatic carbocycles. The van der Waals surface area contributed by atoms with E-state index in [0.717, 1.165) is 47.3 Å². The third kappa shape index (κ3) is 2.77. The number of hydrogen-bond acceptors (Lipinski definition) is 4. The number of carbonyl (C=O) groups excluding carboxylic acids is 1. The van der Waals surface area contributed by atoms with Crippen LogP contribution in [0.15, 0.2) is 48.1 Å². The number of nitrogens with zero attached hydrogens (tertiary/aromatic N) is 2. The predicted octanol–water partition coefficient (Wildman–Crippen LogP) is 0.988. The largest absolute Gasteiger partial charge is 0.379 e. The van der Waals surface area contributed by atoms with E-state index in [1.807, 2.05) is 30.4 Å². The molecule has 1 aliphatic heterocycles. The van der Waals surface area contributed by atoms with Crippen molar-refractivity contribution in [2.75, 3.05) is 20.1 Å². The number of primary amides is 1.